The molecule has 0 unspecified atom stereocenters. The van der Waals surface area contributed by atoms with E-state index in [1.165, 1.54) is 49.3 Å². The molecule has 162 valence electrons. The molecular weight excluding hydrogens is 376 g/mol. The van der Waals surface area contributed by atoms with Crippen LogP contribution in [0.25, 0.3) is 11.1 Å². The van der Waals surface area contributed by atoms with E-state index in [9.17, 15) is 4.79 Å². The highest BCUT2D eigenvalue weighted by molar-refractivity contribution is 5.81. The first-order valence-corrected chi connectivity index (χ1v) is 10.9. The summed E-state index contributed by atoms with van der Waals surface area (Å²) in [5.74, 6) is 0.340. The third-order valence-electron chi connectivity index (χ3n) is 5.05. The Morgan fingerprint density at radius 2 is 1.77 bits per heavy atom. The molecule has 0 spiro atoms. The lowest BCUT2D eigenvalue weighted by molar-refractivity contribution is -0.137. The summed E-state index contributed by atoms with van der Waals surface area (Å²) in [7, 11) is 0. The average Bonchev–Trinajstić information content (AvgIpc) is 2.78. The Labute approximate surface area is 180 Å². The maximum absolute atomic E-state index is 11.4. The zero-order valence-corrected chi connectivity index (χ0v) is 18.1. The minimum Gasteiger partial charge on any atom is -0.491 e. The molecule has 0 aliphatic heterocycles. The van der Waals surface area contributed by atoms with Crippen molar-refractivity contribution in [3.05, 3.63) is 66.2 Å². The average molecular weight is 411 g/mol. The number of unbranched alkanes of at least 4 members (excludes halogenated alkanes) is 4. The van der Waals surface area contributed by atoms with E-state index in [4.69, 9.17) is 14.6 Å². The predicted octanol–water partition coefficient (Wildman–Crippen LogP) is 5.51. The van der Waals surface area contributed by atoms with Crippen molar-refractivity contribution in [1.82, 2.24) is 0 Å². The third-order valence-corrected chi connectivity index (χ3v) is 5.05. The molecule has 2 aromatic carbocycles. The molecule has 4 heteroatoms. The van der Waals surface area contributed by atoms with Crippen LogP contribution in [0, 0.1) is 0 Å². The largest absolute Gasteiger partial charge is 0.491 e. The zero-order valence-electron chi connectivity index (χ0n) is 18.1. The van der Waals surface area contributed by atoms with Crippen molar-refractivity contribution in [2.24, 2.45) is 0 Å². The Hall–Kier alpha value is -2.59. The minimum atomic E-state index is -0.394. The van der Waals surface area contributed by atoms with Crippen LogP contribution in [-0.2, 0) is 22.4 Å². The molecule has 0 aliphatic rings. The lowest BCUT2D eigenvalue weighted by atomic mass is 9.94. The monoisotopic (exact) mass is 410 g/mol. The van der Waals surface area contributed by atoms with Crippen molar-refractivity contribution in [1.29, 1.82) is 0 Å². The second-order valence-corrected chi connectivity index (χ2v) is 7.37. The van der Waals surface area contributed by atoms with Crippen molar-refractivity contribution in [2.75, 3.05) is 19.8 Å². The molecule has 0 atom stereocenters. The molecule has 0 bridgehead atoms. The van der Waals surface area contributed by atoms with Gasteiger partial charge < -0.3 is 14.6 Å². The topological polar surface area (TPSA) is 55.8 Å². The van der Waals surface area contributed by atoms with Gasteiger partial charge in [-0.05, 0) is 47.2 Å². The van der Waals surface area contributed by atoms with E-state index < -0.39 is 5.97 Å². The first kappa shape index (κ1) is 23.7. The molecule has 0 aromatic heterocycles. The number of hydrogen-bond acceptors (Lipinski definition) is 4. The highest BCUT2D eigenvalue weighted by atomic mass is 16.5. The second-order valence-electron chi connectivity index (χ2n) is 7.37. The third kappa shape index (κ3) is 8.03. The van der Waals surface area contributed by atoms with Crippen LogP contribution < -0.4 is 4.74 Å². The molecule has 4 nitrogen and oxygen atoms in total. The Kier molecular flexibility index (Phi) is 10.7. The molecule has 2 aromatic rings. The molecule has 0 fully saturated rings. The van der Waals surface area contributed by atoms with Crippen LogP contribution in [0.4, 0.5) is 0 Å². The van der Waals surface area contributed by atoms with Gasteiger partial charge in [0.05, 0.1) is 13.2 Å². The van der Waals surface area contributed by atoms with Gasteiger partial charge in [-0.25, -0.2) is 4.79 Å². The van der Waals surface area contributed by atoms with Crippen LogP contribution in [-0.4, -0.2) is 30.9 Å². The summed E-state index contributed by atoms with van der Waals surface area (Å²) in [6.07, 6.45) is 9.22. The van der Waals surface area contributed by atoms with Crippen molar-refractivity contribution in [2.45, 2.75) is 51.9 Å². The SMILES string of the molecule is C=CC(=O)OCCc1cc(CCCCCCC)ccc1-c1ccc(OCCO)cc1. The van der Waals surface area contributed by atoms with Gasteiger partial charge in [0.15, 0.2) is 0 Å². The van der Waals surface area contributed by atoms with Gasteiger partial charge in [0.25, 0.3) is 0 Å². The van der Waals surface area contributed by atoms with Gasteiger partial charge in [0.2, 0.25) is 0 Å². The molecule has 2 rings (SSSR count). The fourth-order valence-corrected chi connectivity index (χ4v) is 3.44. The summed E-state index contributed by atoms with van der Waals surface area (Å²) < 4.78 is 10.7. The fourth-order valence-electron chi connectivity index (χ4n) is 3.44. The number of aliphatic hydroxyl groups excluding tert-OH is 1. The molecule has 0 aliphatic carbocycles. The zero-order chi connectivity index (χ0) is 21.6. The summed E-state index contributed by atoms with van der Waals surface area (Å²) in [6, 6.07) is 14.5. The Morgan fingerprint density at radius 3 is 2.47 bits per heavy atom. The van der Waals surface area contributed by atoms with Gasteiger partial charge in [-0.15, -0.1) is 0 Å². The Bertz CT molecular complexity index is 780. The van der Waals surface area contributed by atoms with E-state index >= 15 is 0 Å². The van der Waals surface area contributed by atoms with Crippen molar-refractivity contribution < 1.29 is 19.4 Å². The van der Waals surface area contributed by atoms with Gasteiger partial charge in [-0.3, -0.25) is 0 Å². The number of benzene rings is 2. The van der Waals surface area contributed by atoms with E-state index in [1.54, 1.807) is 0 Å². The highest BCUT2D eigenvalue weighted by Gasteiger charge is 2.09. The number of aryl methyl sites for hydroxylation is 1. The van der Waals surface area contributed by atoms with Crippen molar-refractivity contribution >= 4 is 5.97 Å². The number of carbonyl (C=O) groups is 1. The second kappa shape index (κ2) is 13.6. The van der Waals surface area contributed by atoms with Gasteiger partial charge in [0, 0.05) is 12.5 Å². The summed E-state index contributed by atoms with van der Waals surface area (Å²) in [4.78, 5) is 11.4. The smallest absolute Gasteiger partial charge is 0.330 e. The molecular formula is C26H34O4. The number of esters is 1. The summed E-state index contributed by atoms with van der Waals surface area (Å²) in [5.41, 5.74) is 4.71. The summed E-state index contributed by atoms with van der Waals surface area (Å²) >= 11 is 0. The number of aliphatic hydroxyl groups is 1. The number of ether oxygens (including phenoxy) is 2. The molecule has 0 saturated heterocycles. The van der Waals surface area contributed by atoms with Crippen LogP contribution in [0.5, 0.6) is 5.75 Å². The van der Waals surface area contributed by atoms with Gasteiger partial charge in [-0.1, -0.05) is 69.5 Å². The van der Waals surface area contributed by atoms with Crippen LogP contribution in [0.3, 0.4) is 0 Å². The van der Waals surface area contributed by atoms with E-state index in [2.05, 4.69) is 31.7 Å². The molecule has 0 radical (unpaired) electrons. The Morgan fingerprint density at radius 1 is 1.00 bits per heavy atom. The quantitative estimate of drug-likeness (QED) is 0.253. The Balaban J connectivity index is 2.13. The maximum Gasteiger partial charge on any atom is 0.330 e. The molecule has 0 heterocycles. The van der Waals surface area contributed by atoms with E-state index in [1.807, 2.05) is 24.3 Å². The number of carbonyl (C=O) groups excluding carboxylic acids is 1. The lowest BCUT2D eigenvalue weighted by Crippen LogP contribution is -2.06. The van der Waals surface area contributed by atoms with E-state index in [0.717, 1.165) is 23.3 Å². The predicted molar refractivity (Wildman–Crippen MR) is 122 cm³/mol. The van der Waals surface area contributed by atoms with Crippen LogP contribution in [0.1, 0.15) is 50.2 Å². The number of rotatable bonds is 14. The van der Waals surface area contributed by atoms with Crippen LogP contribution >= 0.6 is 0 Å². The summed E-state index contributed by atoms with van der Waals surface area (Å²) in [6.45, 7) is 6.29. The normalized spacial score (nSPS) is 10.6. The highest BCUT2D eigenvalue weighted by Crippen LogP contribution is 2.28. The first-order valence-electron chi connectivity index (χ1n) is 10.9. The number of hydrogen-bond donors (Lipinski definition) is 1. The first-order chi connectivity index (χ1) is 14.7. The maximum atomic E-state index is 11.4. The van der Waals surface area contributed by atoms with Gasteiger partial charge in [0.1, 0.15) is 12.4 Å². The van der Waals surface area contributed by atoms with Gasteiger partial charge in [-0.2, -0.15) is 0 Å². The van der Waals surface area contributed by atoms with Crippen LogP contribution in [0.2, 0.25) is 0 Å². The molecule has 30 heavy (non-hydrogen) atoms. The molecule has 1 N–H and O–H groups in total. The van der Waals surface area contributed by atoms with Crippen LogP contribution in [0.15, 0.2) is 55.1 Å². The van der Waals surface area contributed by atoms with E-state index in [0.29, 0.717) is 13.0 Å². The lowest BCUT2D eigenvalue weighted by Gasteiger charge is -2.13. The van der Waals surface area contributed by atoms with Gasteiger partial charge >= 0.3 is 5.97 Å². The molecule has 0 saturated carbocycles. The van der Waals surface area contributed by atoms with Crippen molar-refractivity contribution in [3.63, 3.8) is 0 Å². The van der Waals surface area contributed by atoms with E-state index in [-0.39, 0.29) is 13.2 Å². The standard InChI is InChI=1S/C26H34O4/c1-3-5-6-7-8-9-21-10-15-25(23(20-21)16-18-30-26(28)4-2)22-11-13-24(14-12-22)29-19-17-27/h4,10-15,20,27H,2-3,5-9,16-19H2,1H3. The fraction of sp³-hybridized carbons (Fsp3) is 0.423. The minimum absolute atomic E-state index is 0.00473. The molecule has 0 amide bonds. The van der Waals surface area contributed by atoms with Crippen molar-refractivity contribution in [3.8, 4) is 16.9 Å². The summed E-state index contributed by atoms with van der Waals surface area (Å²) in [5, 5.41) is 8.90.